The number of piperidine rings is 1. The summed E-state index contributed by atoms with van der Waals surface area (Å²) in [5, 5.41) is 15.8. The van der Waals surface area contributed by atoms with Crippen LogP contribution in [0.4, 0.5) is 0 Å². The molecule has 2 aliphatic heterocycles. The van der Waals surface area contributed by atoms with Crippen molar-refractivity contribution in [3.8, 4) is 11.5 Å². The Balaban J connectivity index is 1.80. The topological polar surface area (TPSA) is 60.0 Å². The van der Waals surface area contributed by atoms with Gasteiger partial charge in [-0.15, -0.1) is 0 Å². The Labute approximate surface area is 186 Å². The summed E-state index contributed by atoms with van der Waals surface area (Å²) in [5.41, 5.74) is 0.621. The second kappa shape index (κ2) is 6.18. The first kappa shape index (κ1) is 21.5. The summed E-state index contributed by atoms with van der Waals surface area (Å²) in [6.45, 7) is 13.9. The summed E-state index contributed by atoms with van der Waals surface area (Å²) >= 11 is 0. The van der Waals surface area contributed by atoms with Gasteiger partial charge in [-0.2, -0.15) is 0 Å². The highest BCUT2D eigenvalue weighted by Crippen LogP contribution is 2.72. The summed E-state index contributed by atoms with van der Waals surface area (Å²) in [5.74, 6) is 1.62. The van der Waals surface area contributed by atoms with Gasteiger partial charge in [0.15, 0.2) is 11.5 Å². The van der Waals surface area contributed by atoms with Crippen molar-refractivity contribution in [3.63, 3.8) is 0 Å². The van der Waals surface area contributed by atoms with Crippen molar-refractivity contribution in [2.24, 2.45) is 16.7 Å². The molecule has 2 bridgehead atoms. The third kappa shape index (κ3) is 2.28. The first-order valence-electron chi connectivity index (χ1n) is 11.8. The molecule has 2 fully saturated rings. The summed E-state index contributed by atoms with van der Waals surface area (Å²) < 4.78 is 19.1. The van der Waals surface area contributed by atoms with Crippen LogP contribution < -0.4 is 14.8 Å². The predicted octanol–water partition coefficient (Wildman–Crippen LogP) is 3.84. The Morgan fingerprint density at radius 1 is 1.16 bits per heavy atom. The van der Waals surface area contributed by atoms with Crippen molar-refractivity contribution in [2.45, 2.75) is 89.6 Å². The minimum atomic E-state index is -0.931. The van der Waals surface area contributed by atoms with Gasteiger partial charge in [0.1, 0.15) is 11.7 Å². The second-order valence-electron chi connectivity index (χ2n) is 12.0. The predicted molar refractivity (Wildman–Crippen MR) is 121 cm³/mol. The molecule has 1 unspecified atom stereocenters. The molecule has 1 saturated heterocycles. The van der Waals surface area contributed by atoms with Gasteiger partial charge < -0.3 is 24.6 Å². The van der Waals surface area contributed by atoms with E-state index in [2.05, 4.69) is 46.0 Å². The van der Waals surface area contributed by atoms with E-state index in [9.17, 15) is 5.11 Å². The Bertz CT molecular complexity index is 921. The van der Waals surface area contributed by atoms with Crippen molar-refractivity contribution in [1.29, 1.82) is 0 Å². The summed E-state index contributed by atoms with van der Waals surface area (Å²) in [6.07, 6.45) is 2.68. The van der Waals surface area contributed by atoms with Crippen LogP contribution in [0.25, 0.3) is 0 Å². The lowest BCUT2D eigenvalue weighted by Gasteiger charge is -2.69. The third-order valence-electron chi connectivity index (χ3n) is 10.2. The molecule has 7 atom stereocenters. The highest BCUT2D eigenvalue weighted by atomic mass is 16.6. The number of rotatable bonds is 3. The summed E-state index contributed by atoms with van der Waals surface area (Å²) in [4.78, 5) is 0. The molecule has 5 heteroatoms. The Morgan fingerprint density at radius 2 is 1.87 bits per heavy atom. The zero-order valence-corrected chi connectivity index (χ0v) is 20.4. The van der Waals surface area contributed by atoms with Gasteiger partial charge in [-0.05, 0) is 62.1 Å². The van der Waals surface area contributed by atoms with E-state index in [-0.39, 0.29) is 28.3 Å². The van der Waals surface area contributed by atoms with Gasteiger partial charge in [-0.25, -0.2) is 0 Å². The molecule has 2 aliphatic carbocycles. The van der Waals surface area contributed by atoms with Crippen LogP contribution in [-0.4, -0.2) is 49.2 Å². The minimum Gasteiger partial charge on any atom is -0.493 e. The van der Waals surface area contributed by atoms with Gasteiger partial charge in [0.2, 0.25) is 0 Å². The number of ether oxygens (including phenoxy) is 3. The molecule has 5 rings (SSSR count). The third-order valence-corrected chi connectivity index (χ3v) is 10.2. The van der Waals surface area contributed by atoms with Crippen LogP contribution in [-0.2, 0) is 16.6 Å². The fourth-order valence-corrected chi connectivity index (χ4v) is 7.78. The fourth-order valence-electron chi connectivity index (χ4n) is 7.78. The molecule has 4 aliphatic rings. The largest absolute Gasteiger partial charge is 0.493 e. The highest BCUT2D eigenvalue weighted by molar-refractivity contribution is 5.62. The molecule has 0 amide bonds. The van der Waals surface area contributed by atoms with Crippen molar-refractivity contribution in [1.82, 2.24) is 5.32 Å². The van der Waals surface area contributed by atoms with E-state index in [4.69, 9.17) is 14.2 Å². The van der Waals surface area contributed by atoms with Crippen LogP contribution >= 0.6 is 0 Å². The molecule has 1 saturated carbocycles. The molecule has 2 heterocycles. The van der Waals surface area contributed by atoms with Crippen LogP contribution in [0.1, 0.15) is 65.5 Å². The SMILES string of the molecule is COc1ccc2c3c1O[C@H]1[C@](C)(OC)[C@@H](C(C)(O)C(C)(C)C)C[C@]4(C)[C@@H](C2)NCC[C@]314. The molecule has 2 N–H and O–H groups in total. The number of aliphatic hydroxyl groups is 1. The molecule has 31 heavy (non-hydrogen) atoms. The van der Waals surface area contributed by atoms with Gasteiger partial charge in [-0.3, -0.25) is 0 Å². The molecular formula is C26H39NO4. The zero-order valence-electron chi connectivity index (χ0n) is 20.4. The highest BCUT2D eigenvalue weighted by Gasteiger charge is 2.76. The van der Waals surface area contributed by atoms with Crippen molar-refractivity contribution < 1.29 is 19.3 Å². The maximum absolute atomic E-state index is 12.0. The number of methoxy groups -OCH3 is 2. The first-order chi connectivity index (χ1) is 14.4. The number of hydrogen-bond donors (Lipinski definition) is 2. The molecule has 0 radical (unpaired) electrons. The lowest BCUT2D eigenvalue weighted by atomic mass is 9.39. The van der Waals surface area contributed by atoms with E-state index < -0.39 is 11.2 Å². The monoisotopic (exact) mass is 429 g/mol. The van der Waals surface area contributed by atoms with Gasteiger partial charge in [0.25, 0.3) is 0 Å². The molecule has 0 aromatic heterocycles. The van der Waals surface area contributed by atoms with E-state index in [1.807, 2.05) is 13.0 Å². The Morgan fingerprint density at radius 3 is 2.48 bits per heavy atom. The zero-order chi connectivity index (χ0) is 22.6. The first-order valence-corrected chi connectivity index (χ1v) is 11.8. The average molecular weight is 430 g/mol. The molecule has 172 valence electrons. The smallest absolute Gasteiger partial charge is 0.165 e. The fraction of sp³-hybridized carbons (Fsp3) is 0.769. The minimum absolute atomic E-state index is 0.0571. The molecule has 1 aromatic carbocycles. The van der Waals surface area contributed by atoms with E-state index in [1.54, 1.807) is 14.2 Å². The van der Waals surface area contributed by atoms with E-state index in [1.165, 1.54) is 11.1 Å². The maximum Gasteiger partial charge on any atom is 0.165 e. The van der Waals surface area contributed by atoms with Crippen molar-refractivity contribution >= 4 is 0 Å². The van der Waals surface area contributed by atoms with Crippen LogP contribution in [0.2, 0.25) is 0 Å². The Hall–Kier alpha value is -1.30. The lowest BCUT2D eigenvalue weighted by Crippen LogP contribution is -2.78. The van der Waals surface area contributed by atoms with Crippen molar-refractivity contribution in [3.05, 3.63) is 23.3 Å². The van der Waals surface area contributed by atoms with Crippen LogP contribution in [0.5, 0.6) is 11.5 Å². The van der Waals surface area contributed by atoms with Crippen molar-refractivity contribution in [2.75, 3.05) is 20.8 Å². The molecule has 1 aromatic rings. The summed E-state index contributed by atoms with van der Waals surface area (Å²) in [6, 6.07) is 4.62. The number of nitrogens with one attached hydrogen (secondary N) is 1. The van der Waals surface area contributed by atoms with Gasteiger partial charge >= 0.3 is 0 Å². The normalized spacial score (nSPS) is 42.4. The summed E-state index contributed by atoms with van der Waals surface area (Å²) in [7, 11) is 3.51. The quantitative estimate of drug-likeness (QED) is 0.765. The lowest BCUT2D eigenvalue weighted by molar-refractivity contribution is -0.261. The Kier molecular flexibility index (Phi) is 4.29. The van der Waals surface area contributed by atoms with Gasteiger partial charge in [0, 0.05) is 30.0 Å². The van der Waals surface area contributed by atoms with E-state index >= 15 is 0 Å². The average Bonchev–Trinajstić information content (AvgIpc) is 3.04. The van der Waals surface area contributed by atoms with Crippen LogP contribution in [0.15, 0.2) is 12.1 Å². The molecule has 1 spiro atoms. The van der Waals surface area contributed by atoms with E-state index in [0.29, 0.717) is 6.04 Å². The number of hydrogen-bond acceptors (Lipinski definition) is 5. The van der Waals surface area contributed by atoms with E-state index in [0.717, 1.165) is 37.3 Å². The van der Waals surface area contributed by atoms with Gasteiger partial charge in [0.05, 0.1) is 12.7 Å². The maximum atomic E-state index is 12.0. The molecule has 5 nitrogen and oxygen atoms in total. The number of benzene rings is 1. The van der Waals surface area contributed by atoms with Crippen LogP contribution in [0, 0.1) is 16.7 Å². The van der Waals surface area contributed by atoms with Gasteiger partial charge in [-0.1, -0.05) is 33.8 Å². The standard InChI is InChI=1S/C26H39NO4/c1-22(2,3)25(6,28)17-14-23(4)18-13-15-9-10-16(29-7)20-19(15)26(23,11-12-27-18)21(31-20)24(17,5)30-8/h9-10,17-18,21,27-28H,11-14H2,1-8H3/t17-,18+,21-,23+,24+,25?,26-/m0/s1. The van der Waals surface area contributed by atoms with Crippen LogP contribution in [0.3, 0.4) is 0 Å². The second-order valence-corrected chi connectivity index (χ2v) is 12.0. The molecular weight excluding hydrogens is 390 g/mol.